The van der Waals surface area contributed by atoms with Crippen LogP contribution in [0.5, 0.6) is 0 Å². The Morgan fingerprint density at radius 1 is 1.31 bits per heavy atom. The minimum absolute atomic E-state index is 0.0119. The van der Waals surface area contributed by atoms with Crippen LogP contribution in [0.25, 0.3) is 27.8 Å². The lowest BCUT2D eigenvalue weighted by Crippen LogP contribution is -2.35. The SMILES string of the molecule is COCC(C)(C)c1c([C@@H]2CC[C@@](O)(C(=O)O)C2)c2nc3[nH]ncc3cc2n1-c1ccc(F)c(F)c1. The maximum atomic E-state index is 14.4. The van der Waals surface area contributed by atoms with Crippen molar-refractivity contribution in [1.29, 1.82) is 0 Å². The summed E-state index contributed by atoms with van der Waals surface area (Å²) in [5, 5.41) is 28.0. The molecule has 1 aliphatic carbocycles. The lowest BCUT2D eigenvalue weighted by atomic mass is 9.82. The fourth-order valence-corrected chi connectivity index (χ4v) is 5.43. The smallest absolute Gasteiger partial charge is 0.335 e. The van der Waals surface area contributed by atoms with Gasteiger partial charge >= 0.3 is 5.97 Å². The van der Waals surface area contributed by atoms with Gasteiger partial charge in [0.2, 0.25) is 0 Å². The van der Waals surface area contributed by atoms with Crippen molar-refractivity contribution in [3.63, 3.8) is 0 Å². The van der Waals surface area contributed by atoms with Crippen molar-refractivity contribution in [3.05, 3.63) is 53.4 Å². The number of hydrogen-bond acceptors (Lipinski definition) is 5. The van der Waals surface area contributed by atoms with E-state index in [0.29, 0.717) is 35.4 Å². The number of carboxylic acids is 1. The number of ether oxygens (including phenoxy) is 1. The Bertz CT molecular complexity index is 1460. The maximum Gasteiger partial charge on any atom is 0.335 e. The van der Waals surface area contributed by atoms with Crippen LogP contribution in [-0.2, 0) is 14.9 Å². The Kier molecular flexibility index (Phi) is 5.41. The molecular weight excluding hydrogens is 458 g/mol. The highest BCUT2D eigenvalue weighted by Gasteiger charge is 2.47. The number of hydrogen-bond donors (Lipinski definition) is 3. The first-order chi connectivity index (χ1) is 16.6. The molecule has 5 rings (SSSR count). The Morgan fingerprint density at radius 3 is 2.74 bits per heavy atom. The second-order valence-electron chi connectivity index (χ2n) is 9.95. The summed E-state index contributed by atoms with van der Waals surface area (Å²) in [5.74, 6) is -3.53. The van der Waals surface area contributed by atoms with Gasteiger partial charge in [0.05, 0.1) is 23.8 Å². The molecule has 0 spiro atoms. The standard InChI is InChI=1S/C25H26F2N4O4/c1-24(2,12-35-3)21-19(13-6-7-25(34,10-13)23(32)33)20-18(8-14-11-28-30-22(14)29-20)31(21)15-4-5-16(26)17(27)9-15/h4-5,8-9,11,13,34H,6-7,10,12H2,1-3H3,(H,32,33)(H,28,29,30)/t13-,25+/m1/s1. The van der Waals surface area contributed by atoms with Gasteiger partial charge in [0.1, 0.15) is 0 Å². The summed E-state index contributed by atoms with van der Waals surface area (Å²) in [5.41, 5.74) is 1.20. The number of aliphatic hydroxyl groups is 1. The van der Waals surface area contributed by atoms with Crippen LogP contribution in [0, 0.1) is 11.6 Å². The first-order valence-electron chi connectivity index (χ1n) is 11.3. The number of H-pyrrole nitrogens is 1. The first-order valence-corrected chi connectivity index (χ1v) is 11.3. The number of pyridine rings is 1. The number of halogens is 2. The highest BCUT2D eigenvalue weighted by Crippen LogP contribution is 2.48. The molecule has 0 unspecified atom stereocenters. The van der Waals surface area contributed by atoms with E-state index in [1.54, 1.807) is 13.3 Å². The van der Waals surface area contributed by atoms with Crippen molar-refractivity contribution in [2.75, 3.05) is 13.7 Å². The van der Waals surface area contributed by atoms with Gasteiger partial charge < -0.3 is 19.5 Å². The topological polar surface area (TPSA) is 113 Å². The second kappa shape index (κ2) is 8.10. The molecule has 0 bridgehead atoms. The summed E-state index contributed by atoms with van der Waals surface area (Å²) in [6.07, 6.45) is 2.17. The minimum Gasteiger partial charge on any atom is -0.479 e. The van der Waals surface area contributed by atoms with Crippen LogP contribution in [0.2, 0.25) is 0 Å². The van der Waals surface area contributed by atoms with Crippen LogP contribution in [0.1, 0.15) is 50.3 Å². The van der Waals surface area contributed by atoms with Gasteiger partial charge in [0.15, 0.2) is 22.9 Å². The van der Waals surface area contributed by atoms with Crippen molar-refractivity contribution in [2.45, 2.75) is 50.0 Å². The number of aromatic amines is 1. The van der Waals surface area contributed by atoms with Crippen molar-refractivity contribution in [2.24, 2.45) is 0 Å². The fourth-order valence-electron chi connectivity index (χ4n) is 5.43. The largest absolute Gasteiger partial charge is 0.479 e. The van der Waals surface area contributed by atoms with E-state index in [2.05, 4.69) is 10.2 Å². The summed E-state index contributed by atoms with van der Waals surface area (Å²) in [7, 11) is 1.58. The summed E-state index contributed by atoms with van der Waals surface area (Å²) in [6.45, 7) is 4.24. The molecule has 0 saturated heterocycles. The van der Waals surface area contributed by atoms with Crippen molar-refractivity contribution < 1.29 is 28.5 Å². The van der Waals surface area contributed by atoms with Crippen LogP contribution < -0.4 is 0 Å². The third-order valence-electron chi connectivity index (χ3n) is 6.99. The van der Waals surface area contributed by atoms with E-state index in [-0.39, 0.29) is 18.8 Å². The molecule has 184 valence electrons. The van der Waals surface area contributed by atoms with Gasteiger partial charge in [0.25, 0.3) is 0 Å². The molecule has 4 aromatic rings. The second-order valence-corrected chi connectivity index (χ2v) is 9.95. The van der Waals surface area contributed by atoms with Gasteiger partial charge in [-0.1, -0.05) is 13.8 Å². The zero-order chi connectivity index (χ0) is 25.1. The molecule has 0 radical (unpaired) electrons. The highest BCUT2D eigenvalue weighted by atomic mass is 19.2. The van der Waals surface area contributed by atoms with E-state index in [9.17, 15) is 23.8 Å². The number of rotatable bonds is 6. The Balaban J connectivity index is 1.88. The predicted octanol–water partition coefficient (Wildman–Crippen LogP) is 4.19. The minimum atomic E-state index is -1.85. The van der Waals surface area contributed by atoms with E-state index in [0.717, 1.165) is 28.8 Å². The highest BCUT2D eigenvalue weighted by molar-refractivity contribution is 5.94. The van der Waals surface area contributed by atoms with Gasteiger partial charge in [-0.3, -0.25) is 5.10 Å². The predicted molar refractivity (Wildman–Crippen MR) is 125 cm³/mol. The molecule has 1 aromatic carbocycles. The van der Waals surface area contributed by atoms with Gasteiger partial charge in [0, 0.05) is 40.9 Å². The third-order valence-corrected chi connectivity index (χ3v) is 6.99. The van der Waals surface area contributed by atoms with Crippen molar-refractivity contribution >= 4 is 28.0 Å². The quantitative estimate of drug-likeness (QED) is 0.378. The van der Waals surface area contributed by atoms with E-state index < -0.39 is 28.6 Å². The molecule has 2 atom stereocenters. The van der Waals surface area contributed by atoms with Gasteiger partial charge in [-0.15, -0.1) is 0 Å². The number of benzene rings is 1. The number of carbonyl (C=O) groups is 1. The Morgan fingerprint density at radius 2 is 2.09 bits per heavy atom. The zero-order valence-electron chi connectivity index (χ0n) is 19.6. The molecule has 3 aromatic heterocycles. The van der Waals surface area contributed by atoms with Crippen LogP contribution in [0.3, 0.4) is 0 Å². The van der Waals surface area contributed by atoms with Crippen LogP contribution in [-0.4, -0.2) is 55.2 Å². The molecular formula is C25H26F2N4O4. The number of nitrogens with zero attached hydrogens (tertiary/aromatic N) is 3. The molecule has 8 nitrogen and oxygen atoms in total. The van der Waals surface area contributed by atoms with Gasteiger partial charge in [-0.2, -0.15) is 5.10 Å². The Labute approximate surface area is 199 Å². The number of nitrogens with one attached hydrogen (secondary N) is 1. The summed E-state index contributed by atoms with van der Waals surface area (Å²) in [4.78, 5) is 16.6. The lowest BCUT2D eigenvalue weighted by molar-refractivity contribution is -0.157. The number of carboxylic acid groups (broad SMARTS) is 1. The van der Waals surface area contributed by atoms with Crippen molar-refractivity contribution in [3.8, 4) is 5.69 Å². The zero-order valence-corrected chi connectivity index (χ0v) is 19.6. The molecule has 3 N–H and O–H groups in total. The molecule has 10 heteroatoms. The van der Waals surface area contributed by atoms with E-state index in [1.807, 2.05) is 24.5 Å². The first kappa shape index (κ1) is 23.4. The molecule has 1 fully saturated rings. The average molecular weight is 485 g/mol. The lowest BCUT2D eigenvalue weighted by Gasteiger charge is -2.29. The number of aliphatic carboxylic acids is 1. The number of fused-ring (bicyclic) bond motifs is 2. The van der Waals surface area contributed by atoms with Gasteiger partial charge in [-0.05, 0) is 43.4 Å². The molecule has 1 aliphatic rings. The Hall–Kier alpha value is -3.37. The molecule has 3 heterocycles. The summed E-state index contributed by atoms with van der Waals surface area (Å²) in [6, 6.07) is 5.57. The molecule has 0 aliphatic heterocycles. The summed E-state index contributed by atoms with van der Waals surface area (Å²) < 4.78 is 35.6. The van der Waals surface area contributed by atoms with E-state index >= 15 is 0 Å². The van der Waals surface area contributed by atoms with Crippen molar-refractivity contribution in [1.82, 2.24) is 19.7 Å². The average Bonchev–Trinajstić information content (AvgIpc) is 3.50. The van der Waals surface area contributed by atoms with Crippen LogP contribution in [0.15, 0.2) is 30.5 Å². The van der Waals surface area contributed by atoms with Crippen LogP contribution in [0.4, 0.5) is 8.78 Å². The van der Waals surface area contributed by atoms with E-state index in [4.69, 9.17) is 9.72 Å². The van der Waals surface area contributed by atoms with Crippen LogP contribution >= 0.6 is 0 Å². The normalized spacial score (nSPS) is 20.8. The molecule has 1 saturated carbocycles. The number of aromatic nitrogens is 4. The fraction of sp³-hybridized carbons (Fsp3) is 0.400. The third kappa shape index (κ3) is 3.68. The molecule has 35 heavy (non-hydrogen) atoms. The van der Waals surface area contributed by atoms with Gasteiger partial charge in [-0.25, -0.2) is 18.6 Å². The monoisotopic (exact) mass is 484 g/mol. The maximum absolute atomic E-state index is 14.4. The summed E-state index contributed by atoms with van der Waals surface area (Å²) >= 11 is 0. The number of methoxy groups -OCH3 is 1. The van der Waals surface area contributed by atoms with E-state index in [1.165, 1.54) is 6.07 Å². The molecule has 0 amide bonds.